The second-order valence-electron chi connectivity index (χ2n) is 5.90. The minimum Gasteiger partial charge on any atom is -0.347 e. The highest BCUT2D eigenvalue weighted by Crippen LogP contribution is 2.34. The maximum atomic E-state index is 10.2. The fraction of sp³-hybridized carbons (Fsp3) is 0.474. The van der Waals surface area contributed by atoms with Crippen LogP contribution in [0.1, 0.15) is 24.4 Å². The van der Waals surface area contributed by atoms with Crippen molar-refractivity contribution in [2.45, 2.75) is 27.7 Å². The van der Waals surface area contributed by atoms with E-state index in [0.717, 1.165) is 48.9 Å². The summed E-state index contributed by atoms with van der Waals surface area (Å²) in [5.74, 6) is 0. The Balaban J connectivity index is 0.000000276. The predicted molar refractivity (Wildman–Crippen MR) is 114 cm³/mol. The third-order valence-electron chi connectivity index (χ3n) is 4.03. The molecular formula is C19H27Cl2N3OS. The summed E-state index contributed by atoms with van der Waals surface area (Å²) in [6.45, 7) is 12.2. The lowest BCUT2D eigenvalue weighted by atomic mass is 10.2. The molecule has 2 aromatic rings. The molecule has 7 heteroatoms. The van der Waals surface area contributed by atoms with Gasteiger partial charge >= 0.3 is 0 Å². The number of aromatic nitrogens is 1. The first-order valence-corrected chi connectivity index (χ1v) is 10.2. The van der Waals surface area contributed by atoms with Crippen molar-refractivity contribution in [1.29, 1.82) is 0 Å². The van der Waals surface area contributed by atoms with Gasteiger partial charge in [0.15, 0.2) is 0 Å². The quantitative estimate of drug-likeness (QED) is 0.586. The number of aryl methyl sites for hydroxylation is 2. The number of carbonyl (C=O) groups is 1. The van der Waals surface area contributed by atoms with Crippen molar-refractivity contribution < 1.29 is 4.79 Å². The number of hydrogen-bond acceptors (Lipinski definition) is 4. The van der Waals surface area contributed by atoms with Crippen molar-refractivity contribution >= 4 is 40.9 Å². The molecule has 1 aromatic heterocycles. The Morgan fingerprint density at radius 1 is 1.15 bits per heavy atom. The van der Waals surface area contributed by atoms with Crippen LogP contribution in [0, 0.1) is 13.8 Å². The Kier molecular flexibility index (Phi) is 10.2. The number of thiazole rings is 1. The third-order valence-corrected chi connectivity index (χ3v) is 5.70. The lowest BCUT2D eigenvalue weighted by Gasteiger charge is -2.20. The molecule has 26 heavy (non-hydrogen) atoms. The summed E-state index contributed by atoms with van der Waals surface area (Å²) in [6, 6.07) is 5.42. The van der Waals surface area contributed by atoms with Crippen LogP contribution < -0.4 is 0 Å². The SMILES string of the molecule is CCN(CC)CCN(C)C=O.Cc1nc(-c2cc(Cl)ccc2Cl)sc1C. The monoisotopic (exact) mass is 415 g/mol. The molecular weight excluding hydrogens is 389 g/mol. The van der Waals surface area contributed by atoms with Crippen molar-refractivity contribution in [2.75, 3.05) is 33.2 Å². The molecule has 0 spiro atoms. The first-order chi connectivity index (χ1) is 12.3. The summed E-state index contributed by atoms with van der Waals surface area (Å²) in [7, 11) is 1.80. The molecule has 1 amide bonds. The van der Waals surface area contributed by atoms with Crippen LogP contribution in [0.25, 0.3) is 10.6 Å². The summed E-state index contributed by atoms with van der Waals surface area (Å²) in [4.78, 5) is 19.8. The molecule has 0 aliphatic rings. The minimum atomic E-state index is 0.680. The smallest absolute Gasteiger partial charge is 0.209 e. The summed E-state index contributed by atoms with van der Waals surface area (Å²) in [5.41, 5.74) is 1.96. The van der Waals surface area contributed by atoms with E-state index >= 15 is 0 Å². The Hall–Kier alpha value is -1.14. The molecule has 4 nitrogen and oxygen atoms in total. The van der Waals surface area contributed by atoms with Gasteiger partial charge in [-0.3, -0.25) is 4.79 Å². The molecule has 0 radical (unpaired) electrons. The molecule has 0 saturated carbocycles. The molecule has 0 fully saturated rings. The molecule has 0 unspecified atom stereocenters. The zero-order chi connectivity index (χ0) is 19.7. The van der Waals surface area contributed by atoms with Crippen molar-refractivity contribution in [3.05, 3.63) is 38.8 Å². The highest BCUT2D eigenvalue weighted by Gasteiger charge is 2.10. The van der Waals surface area contributed by atoms with Gasteiger partial charge in [-0.25, -0.2) is 4.98 Å². The van der Waals surface area contributed by atoms with Gasteiger partial charge < -0.3 is 9.80 Å². The molecule has 2 rings (SSSR count). The number of amides is 1. The number of nitrogens with zero attached hydrogens (tertiary/aromatic N) is 3. The first kappa shape index (κ1) is 22.9. The second kappa shape index (κ2) is 11.5. The van der Waals surface area contributed by atoms with Crippen LogP contribution in [0.3, 0.4) is 0 Å². The lowest BCUT2D eigenvalue weighted by Crippen LogP contribution is -2.32. The molecule has 0 N–H and O–H groups in total. The molecule has 0 atom stereocenters. The first-order valence-electron chi connectivity index (χ1n) is 8.59. The van der Waals surface area contributed by atoms with Gasteiger partial charge in [0.25, 0.3) is 0 Å². The second-order valence-corrected chi connectivity index (χ2v) is 7.94. The summed E-state index contributed by atoms with van der Waals surface area (Å²) in [5, 5.41) is 2.30. The van der Waals surface area contributed by atoms with Crippen LogP contribution >= 0.6 is 34.5 Å². The van der Waals surface area contributed by atoms with Crippen LogP contribution in [-0.4, -0.2) is 54.4 Å². The third kappa shape index (κ3) is 7.23. The number of likely N-dealkylation sites (N-methyl/N-ethyl adjacent to an activating group) is 2. The van der Waals surface area contributed by atoms with Crippen LogP contribution in [0.15, 0.2) is 18.2 Å². The summed E-state index contributed by atoms with van der Waals surface area (Å²) in [6.07, 6.45) is 0.865. The molecule has 144 valence electrons. The average molecular weight is 416 g/mol. The maximum Gasteiger partial charge on any atom is 0.209 e. The maximum absolute atomic E-state index is 10.2. The van der Waals surface area contributed by atoms with Crippen molar-refractivity contribution in [2.24, 2.45) is 0 Å². The number of rotatable bonds is 7. The Bertz CT molecular complexity index is 683. The number of benzene rings is 1. The van der Waals surface area contributed by atoms with E-state index in [1.54, 1.807) is 35.4 Å². The van der Waals surface area contributed by atoms with Gasteiger partial charge in [0, 0.05) is 35.6 Å². The van der Waals surface area contributed by atoms with Crippen molar-refractivity contribution in [3.63, 3.8) is 0 Å². The number of hydrogen-bond donors (Lipinski definition) is 0. The van der Waals surface area contributed by atoms with Crippen LogP contribution in [0.2, 0.25) is 10.0 Å². The zero-order valence-electron chi connectivity index (χ0n) is 16.1. The minimum absolute atomic E-state index is 0.680. The van der Waals surface area contributed by atoms with E-state index in [2.05, 4.69) is 30.7 Å². The van der Waals surface area contributed by atoms with Crippen molar-refractivity contribution in [3.8, 4) is 10.6 Å². The van der Waals surface area contributed by atoms with E-state index in [0.29, 0.717) is 10.0 Å². The molecule has 0 aliphatic carbocycles. The van der Waals surface area contributed by atoms with Gasteiger partial charge in [0.05, 0.1) is 10.7 Å². The predicted octanol–water partition coefficient (Wildman–Crippen LogP) is 5.15. The highest BCUT2D eigenvalue weighted by molar-refractivity contribution is 7.15. The summed E-state index contributed by atoms with van der Waals surface area (Å²) < 4.78 is 0. The van der Waals surface area contributed by atoms with E-state index in [-0.39, 0.29) is 0 Å². The number of carbonyl (C=O) groups excluding carboxylic acids is 1. The van der Waals surface area contributed by atoms with E-state index in [4.69, 9.17) is 23.2 Å². The van der Waals surface area contributed by atoms with E-state index in [1.807, 2.05) is 13.0 Å². The van der Waals surface area contributed by atoms with Crippen LogP contribution in [0.4, 0.5) is 0 Å². The normalized spacial score (nSPS) is 10.5. The zero-order valence-corrected chi connectivity index (χ0v) is 18.4. The molecule has 1 heterocycles. The molecule has 1 aromatic carbocycles. The van der Waals surface area contributed by atoms with Gasteiger partial charge in [-0.15, -0.1) is 11.3 Å². The van der Waals surface area contributed by atoms with Gasteiger partial charge in [-0.2, -0.15) is 0 Å². The van der Waals surface area contributed by atoms with Gasteiger partial charge in [0.2, 0.25) is 6.41 Å². The molecule has 0 bridgehead atoms. The Morgan fingerprint density at radius 2 is 1.81 bits per heavy atom. The lowest BCUT2D eigenvalue weighted by molar-refractivity contribution is -0.117. The largest absolute Gasteiger partial charge is 0.347 e. The number of halogens is 2. The van der Waals surface area contributed by atoms with E-state index in [1.165, 1.54) is 4.88 Å². The Morgan fingerprint density at radius 3 is 2.31 bits per heavy atom. The van der Waals surface area contributed by atoms with E-state index in [9.17, 15) is 4.79 Å². The molecule has 0 aliphatic heterocycles. The fourth-order valence-electron chi connectivity index (χ4n) is 2.14. The van der Waals surface area contributed by atoms with Crippen LogP contribution in [0.5, 0.6) is 0 Å². The topological polar surface area (TPSA) is 36.4 Å². The standard InChI is InChI=1S/C11H9Cl2NS.C8H18N2O/c1-6-7(2)15-11(14-6)9-5-8(12)3-4-10(9)13;1-4-10(5-2)7-6-9(3)8-11/h3-5H,1-2H3;8H,4-7H2,1-3H3. The Labute approximate surface area is 170 Å². The molecule has 0 saturated heterocycles. The van der Waals surface area contributed by atoms with Crippen LogP contribution in [-0.2, 0) is 4.79 Å². The highest BCUT2D eigenvalue weighted by atomic mass is 35.5. The van der Waals surface area contributed by atoms with Gasteiger partial charge in [-0.05, 0) is 45.1 Å². The van der Waals surface area contributed by atoms with Gasteiger partial charge in [0.1, 0.15) is 5.01 Å². The summed E-state index contributed by atoms with van der Waals surface area (Å²) >= 11 is 13.7. The van der Waals surface area contributed by atoms with E-state index < -0.39 is 0 Å². The average Bonchev–Trinajstić information content (AvgIpc) is 2.97. The van der Waals surface area contributed by atoms with Gasteiger partial charge in [-0.1, -0.05) is 37.0 Å². The van der Waals surface area contributed by atoms with Crippen molar-refractivity contribution in [1.82, 2.24) is 14.8 Å². The fourth-order valence-corrected chi connectivity index (χ4v) is 3.52.